The molecule has 0 fully saturated rings. The number of para-hydroxylation sites is 1. The molecule has 0 saturated carbocycles. The lowest BCUT2D eigenvalue weighted by molar-refractivity contribution is 0.669. The van der Waals surface area contributed by atoms with E-state index in [1.807, 2.05) is 0 Å². The summed E-state index contributed by atoms with van der Waals surface area (Å²) in [6, 6.07) is 71.7. The van der Waals surface area contributed by atoms with Crippen LogP contribution < -0.4 is 0 Å². The Morgan fingerprint density at radius 1 is 0.375 bits per heavy atom. The highest BCUT2D eigenvalue weighted by Crippen LogP contribution is 2.45. The van der Waals surface area contributed by atoms with Crippen LogP contribution in [-0.4, -0.2) is 14.5 Å². The lowest BCUT2D eigenvalue weighted by Crippen LogP contribution is -2.04. The molecule has 13 rings (SSSR count). The molecule has 4 heteroatoms. The van der Waals surface area contributed by atoms with E-state index in [9.17, 15) is 0 Å². The van der Waals surface area contributed by atoms with E-state index in [0.29, 0.717) is 5.95 Å². The van der Waals surface area contributed by atoms with E-state index in [-0.39, 0.29) is 0 Å². The van der Waals surface area contributed by atoms with E-state index >= 15 is 0 Å². The number of hydrogen-bond acceptors (Lipinski definition) is 3. The van der Waals surface area contributed by atoms with Crippen molar-refractivity contribution in [3.63, 3.8) is 0 Å². The minimum absolute atomic E-state index is 0.638. The van der Waals surface area contributed by atoms with Crippen LogP contribution in [0.4, 0.5) is 0 Å². The third-order valence-corrected chi connectivity index (χ3v) is 13.3. The molecule has 4 nitrogen and oxygen atoms in total. The minimum Gasteiger partial charge on any atom is -0.456 e. The summed E-state index contributed by atoms with van der Waals surface area (Å²) in [4.78, 5) is 10.9. The van der Waals surface area contributed by atoms with Gasteiger partial charge in [-0.05, 0) is 111 Å². The van der Waals surface area contributed by atoms with Gasteiger partial charge in [0.05, 0.1) is 22.2 Å². The zero-order valence-corrected chi connectivity index (χ0v) is 35.3. The van der Waals surface area contributed by atoms with Crippen LogP contribution >= 0.6 is 0 Å². The first-order valence-corrected chi connectivity index (χ1v) is 21.9. The van der Waals surface area contributed by atoms with Crippen molar-refractivity contribution in [1.29, 1.82) is 0 Å². The summed E-state index contributed by atoms with van der Waals surface area (Å²) in [5.74, 6) is 0.638. The summed E-state index contributed by atoms with van der Waals surface area (Å²) in [6.45, 7) is 4.38. The first kappa shape index (κ1) is 36.3. The lowest BCUT2D eigenvalue weighted by Gasteiger charge is -2.14. The standard InChI is InChI=1S/C60H39N3O/c1-36-15-6-7-18-42(36)50-34-41(28-27-37(50)2)43-24-14-26-55-56(43)51-33-39(30-32-54(51)64-55)40-29-31-49-53(35-40)63(59-47-22-11-9-20-45(47)44-19-8-10-21-46(44)57(49)59)60-61-52-25-13-12-23-48(52)58(62-60)38-16-4-3-5-17-38/h3-35H,1-2H3. The topological polar surface area (TPSA) is 43.9 Å². The molecule has 0 saturated heterocycles. The van der Waals surface area contributed by atoms with E-state index in [2.05, 4.69) is 219 Å². The van der Waals surface area contributed by atoms with Crippen molar-refractivity contribution in [2.45, 2.75) is 13.8 Å². The van der Waals surface area contributed by atoms with Crippen molar-refractivity contribution < 1.29 is 4.42 Å². The molecule has 0 N–H and O–H groups in total. The molecule has 0 atom stereocenters. The maximum atomic E-state index is 6.59. The van der Waals surface area contributed by atoms with Crippen LogP contribution in [0.1, 0.15) is 11.1 Å². The molecule has 0 aliphatic rings. The molecule has 0 bridgehead atoms. The Labute approximate surface area is 369 Å². The first-order chi connectivity index (χ1) is 31.6. The van der Waals surface area contributed by atoms with E-state index in [1.165, 1.54) is 49.4 Å². The fourth-order valence-corrected chi connectivity index (χ4v) is 10.2. The summed E-state index contributed by atoms with van der Waals surface area (Å²) in [5.41, 5.74) is 16.3. The van der Waals surface area contributed by atoms with Crippen LogP contribution in [0.25, 0.3) is 127 Å². The highest BCUT2D eigenvalue weighted by molar-refractivity contribution is 6.32. The molecule has 0 unspecified atom stereocenters. The average Bonchev–Trinajstić information content (AvgIpc) is 3.90. The van der Waals surface area contributed by atoms with Crippen molar-refractivity contribution in [2.24, 2.45) is 0 Å². The van der Waals surface area contributed by atoms with Gasteiger partial charge in [0.1, 0.15) is 11.2 Å². The molecule has 0 aliphatic carbocycles. The summed E-state index contributed by atoms with van der Waals surface area (Å²) in [6.07, 6.45) is 0. The Kier molecular flexibility index (Phi) is 8.00. The molecule has 3 heterocycles. The Balaban J connectivity index is 1.07. The van der Waals surface area contributed by atoms with Gasteiger partial charge in [-0.25, -0.2) is 9.97 Å². The Morgan fingerprint density at radius 2 is 1.03 bits per heavy atom. The molecule has 0 radical (unpaired) electrons. The number of fused-ring (bicyclic) bond motifs is 12. The summed E-state index contributed by atoms with van der Waals surface area (Å²) >= 11 is 0. The van der Waals surface area contributed by atoms with Crippen LogP contribution in [-0.2, 0) is 0 Å². The second kappa shape index (κ2) is 14.1. The van der Waals surface area contributed by atoms with Crippen LogP contribution in [0.3, 0.4) is 0 Å². The molecule has 10 aromatic carbocycles. The van der Waals surface area contributed by atoms with Crippen LogP contribution in [0.5, 0.6) is 0 Å². The third-order valence-electron chi connectivity index (χ3n) is 13.3. The SMILES string of the molecule is Cc1ccccc1-c1cc(-c2cccc3oc4ccc(-c5ccc6c7c8ccccc8c8ccccc8c7n(-c7nc(-c8ccccc8)c8ccccc8n7)c6c5)cc4c23)ccc1C. The number of furan rings is 1. The van der Waals surface area contributed by atoms with Gasteiger partial charge in [0.25, 0.3) is 0 Å². The maximum absolute atomic E-state index is 6.59. The predicted octanol–water partition coefficient (Wildman–Crippen LogP) is 16.2. The zero-order valence-electron chi connectivity index (χ0n) is 35.3. The van der Waals surface area contributed by atoms with E-state index in [4.69, 9.17) is 14.4 Å². The van der Waals surface area contributed by atoms with E-state index < -0.39 is 0 Å². The van der Waals surface area contributed by atoms with Crippen molar-refractivity contribution in [3.8, 4) is 50.6 Å². The molecule has 0 aliphatic heterocycles. The normalized spacial score (nSPS) is 11.9. The monoisotopic (exact) mass is 817 g/mol. The van der Waals surface area contributed by atoms with Gasteiger partial charge in [-0.15, -0.1) is 0 Å². The number of benzene rings is 10. The van der Waals surface area contributed by atoms with Crippen molar-refractivity contribution in [3.05, 3.63) is 211 Å². The second-order valence-electron chi connectivity index (χ2n) is 17.0. The number of hydrogen-bond donors (Lipinski definition) is 0. The van der Waals surface area contributed by atoms with Gasteiger partial charge in [0, 0.05) is 37.9 Å². The molecule has 64 heavy (non-hydrogen) atoms. The molecular formula is C60H39N3O. The maximum Gasteiger partial charge on any atom is 0.235 e. The van der Waals surface area contributed by atoms with Gasteiger partial charge in [0.2, 0.25) is 5.95 Å². The fourth-order valence-electron chi connectivity index (χ4n) is 10.2. The van der Waals surface area contributed by atoms with Crippen molar-refractivity contribution in [2.75, 3.05) is 0 Å². The Hall–Kier alpha value is -8.34. The molecule has 0 amide bonds. The van der Waals surface area contributed by atoms with Crippen LogP contribution in [0, 0.1) is 13.8 Å². The number of aromatic nitrogens is 3. The number of aryl methyl sites for hydroxylation is 2. The summed E-state index contributed by atoms with van der Waals surface area (Å²) < 4.78 is 8.91. The molecule has 13 aromatic rings. The Morgan fingerprint density at radius 3 is 1.88 bits per heavy atom. The Bertz CT molecular complexity index is 4040. The molecule has 300 valence electrons. The van der Waals surface area contributed by atoms with Gasteiger partial charge in [-0.1, -0.05) is 164 Å². The highest BCUT2D eigenvalue weighted by atomic mass is 16.3. The van der Waals surface area contributed by atoms with Gasteiger partial charge in [0.15, 0.2) is 0 Å². The number of rotatable bonds is 5. The molecule has 3 aromatic heterocycles. The largest absolute Gasteiger partial charge is 0.456 e. The van der Waals surface area contributed by atoms with Gasteiger partial charge < -0.3 is 4.42 Å². The second-order valence-corrected chi connectivity index (χ2v) is 17.0. The van der Waals surface area contributed by atoms with Gasteiger partial charge in [-0.3, -0.25) is 4.57 Å². The average molecular weight is 818 g/mol. The lowest BCUT2D eigenvalue weighted by atomic mass is 9.91. The number of nitrogens with zero attached hydrogens (tertiary/aromatic N) is 3. The first-order valence-electron chi connectivity index (χ1n) is 21.9. The summed E-state index contributed by atoms with van der Waals surface area (Å²) in [5, 5.41) is 10.4. The smallest absolute Gasteiger partial charge is 0.235 e. The van der Waals surface area contributed by atoms with E-state index in [0.717, 1.165) is 82.6 Å². The van der Waals surface area contributed by atoms with Crippen LogP contribution in [0.15, 0.2) is 205 Å². The highest BCUT2D eigenvalue weighted by Gasteiger charge is 2.23. The molecular weight excluding hydrogens is 779 g/mol. The summed E-state index contributed by atoms with van der Waals surface area (Å²) in [7, 11) is 0. The third kappa shape index (κ3) is 5.49. The van der Waals surface area contributed by atoms with Gasteiger partial charge in [-0.2, -0.15) is 0 Å². The minimum atomic E-state index is 0.638. The predicted molar refractivity (Wildman–Crippen MR) is 267 cm³/mol. The van der Waals surface area contributed by atoms with E-state index in [1.54, 1.807) is 0 Å². The molecule has 0 spiro atoms. The fraction of sp³-hybridized carbons (Fsp3) is 0.0333. The zero-order chi connectivity index (χ0) is 42.5. The van der Waals surface area contributed by atoms with Crippen molar-refractivity contribution >= 4 is 76.2 Å². The quantitative estimate of drug-likeness (QED) is 0.163. The van der Waals surface area contributed by atoms with Crippen LogP contribution in [0.2, 0.25) is 0 Å². The van der Waals surface area contributed by atoms with Gasteiger partial charge >= 0.3 is 0 Å². The van der Waals surface area contributed by atoms with Crippen molar-refractivity contribution in [1.82, 2.24) is 14.5 Å².